The first kappa shape index (κ1) is 16.3. The lowest BCUT2D eigenvalue weighted by Gasteiger charge is -2.28. The smallest absolute Gasteiger partial charge is 0.123 e. The maximum absolute atomic E-state index is 13.6. The van der Waals surface area contributed by atoms with Gasteiger partial charge >= 0.3 is 0 Å². The minimum Gasteiger partial charge on any atom is -0.371 e. The van der Waals surface area contributed by atoms with Crippen LogP contribution in [0, 0.1) is 11.2 Å². The van der Waals surface area contributed by atoms with Gasteiger partial charge in [-0.15, -0.1) is 0 Å². The molecule has 0 spiro atoms. The summed E-state index contributed by atoms with van der Waals surface area (Å²) in [6.07, 6.45) is 4.80. The van der Waals surface area contributed by atoms with Gasteiger partial charge in [-0.3, -0.25) is 0 Å². The molecule has 3 heteroatoms. The Labute approximate surface area is 128 Å². The van der Waals surface area contributed by atoms with Gasteiger partial charge in [0.15, 0.2) is 0 Å². The second-order valence-corrected chi connectivity index (χ2v) is 6.33. The summed E-state index contributed by atoms with van der Waals surface area (Å²) in [6.45, 7) is 10.7. The molecule has 1 saturated heterocycles. The Balaban J connectivity index is 2.15. The molecule has 0 radical (unpaired) electrons. The zero-order valence-corrected chi connectivity index (χ0v) is 13.7. The largest absolute Gasteiger partial charge is 0.371 e. The van der Waals surface area contributed by atoms with Crippen LogP contribution >= 0.6 is 0 Å². The van der Waals surface area contributed by atoms with Crippen LogP contribution < -0.4 is 10.2 Å². The number of nitrogens with zero attached hydrogens (tertiary/aromatic N) is 1. The number of rotatable bonds is 7. The molecule has 0 aliphatic carbocycles. The average molecular weight is 292 g/mol. The van der Waals surface area contributed by atoms with E-state index in [0.29, 0.717) is 5.41 Å². The molecule has 0 atom stereocenters. The fourth-order valence-electron chi connectivity index (χ4n) is 3.37. The Kier molecular flexibility index (Phi) is 5.63. The predicted molar refractivity (Wildman–Crippen MR) is 88.2 cm³/mol. The monoisotopic (exact) mass is 292 g/mol. The van der Waals surface area contributed by atoms with Crippen LogP contribution in [-0.2, 0) is 6.54 Å². The van der Waals surface area contributed by atoms with E-state index in [-0.39, 0.29) is 5.82 Å². The topological polar surface area (TPSA) is 15.3 Å². The highest BCUT2D eigenvalue weighted by Gasteiger charge is 2.35. The van der Waals surface area contributed by atoms with Crippen LogP contribution in [0.2, 0.25) is 0 Å². The van der Waals surface area contributed by atoms with E-state index in [0.717, 1.165) is 38.2 Å². The molecule has 0 saturated carbocycles. The summed E-state index contributed by atoms with van der Waals surface area (Å²) in [5.41, 5.74) is 2.75. The second-order valence-electron chi connectivity index (χ2n) is 6.33. The Hall–Kier alpha value is -1.09. The molecule has 0 amide bonds. The van der Waals surface area contributed by atoms with E-state index >= 15 is 0 Å². The van der Waals surface area contributed by atoms with Crippen molar-refractivity contribution in [2.45, 2.75) is 53.0 Å². The highest BCUT2D eigenvalue weighted by molar-refractivity contribution is 5.55. The van der Waals surface area contributed by atoms with Gasteiger partial charge in [-0.05, 0) is 61.4 Å². The lowest BCUT2D eigenvalue weighted by atomic mass is 9.82. The average Bonchev–Trinajstić information content (AvgIpc) is 2.93. The van der Waals surface area contributed by atoms with Crippen molar-refractivity contribution in [1.82, 2.24) is 5.32 Å². The third-order valence-corrected chi connectivity index (χ3v) is 5.06. The van der Waals surface area contributed by atoms with Crippen LogP contribution in [0.25, 0.3) is 0 Å². The van der Waals surface area contributed by atoms with Crippen molar-refractivity contribution < 1.29 is 4.39 Å². The van der Waals surface area contributed by atoms with E-state index in [1.54, 1.807) is 12.1 Å². The summed E-state index contributed by atoms with van der Waals surface area (Å²) in [5, 5.41) is 3.40. The van der Waals surface area contributed by atoms with Gasteiger partial charge in [-0.25, -0.2) is 4.39 Å². The molecule has 118 valence electrons. The molecule has 1 fully saturated rings. The van der Waals surface area contributed by atoms with Crippen molar-refractivity contribution in [2.24, 2.45) is 5.41 Å². The predicted octanol–water partition coefficient (Wildman–Crippen LogP) is 4.34. The molecule has 1 N–H and O–H groups in total. The standard InChI is InChI=1S/C18H29FN2/c1-4-10-20-13-15-12-16(19)7-8-17(15)21-11-9-18(5-2,6-3)14-21/h7-8,12,20H,4-6,9-11,13-14H2,1-3H3. The molecule has 1 aliphatic heterocycles. The number of halogens is 1. The minimum atomic E-state index is -0.136. The fraction of sp³-hybridized carbons (Fsp3) is 0.667. The number of hydrogen-bond donors (Lipinski definition) is 1. The SMILES string of the molecule is CCCNCc1cc(F)ccc1N1CCC(CC)(CC)C1. The second kappa shape index (κ2) is 7.26. The van der Waals surface area contributed by atoms with E-state index in [4.69, 9.17) is 0 Å². The Morgan fingerprint density at radius 3 is 2.62 bits per heavy atom. The van der Waals surface area contributed by atoms with E-state index in [2.05, 4.69) is 31.0 Å². The normalized spacial score (nSPS) is 17.4. The molecule has 1 aliphatic rings. The summed E-state index contributed by atoms with van der Waals surface area (Å²) in [4.78, 5) is 2.45. The van der Waals surface area contributed by atoms with Gasteiger partial charge in [0.25, 0.3) is 0 Å². The maximum Gasteiger partial charge on any atom is 0.123 e. The first-order valence-corrected chi connectivity index (χ1v) is 8.38. The van der Waals surface area contributed by atoms with E-state index < -0.39 is 0 Å². The van der Waals surface area contributed by atoms with Crippen LogP contribution in [0.4, 0.5) is 10.1 Å². The van der Waals surface area contributed by atoms with Crippen molar-refractivity contribution in [1.29, 1.82) is 0 Å². The number of hydrogen-bond acceptors (Lipinski definition) is 2. The number of nitrogens with one attached hydrogen (secondary N) is 1. The van der Waals surface area contributed by atoms with Crippen molar-refractivity contribution in [3.63, 3.8) is 0 Å². The Morgan fingerprint density at radius 1 is 1.24 bits per heavy atom. The number of benzene rings is 1. The van der Waals surface area contributed by atoms with Crippen molar-refractivity contribution in [3.8, 4) is 0 Å². The highest BCUT2D eigenvalue weighted by atomic mass is 19.1. The zero-order chi connectivity index (χ0) is 15.3. The van der Waals surface area contributed by atoms with Gasteiger partial charge in [0.2, 0.25) is 0 Å². The fourth-order valence-corrected chi connectivity index (χ4v) is 3.37. The van der Waals surface area contributed by atoms with Crippen LogP contribution in [-0.4, -0.2) is 19.6 Å². The summed E-state index contributed by atoms with van der Waals surface area (Å²) in [7, 11) is 0. The highest BCUT2D eigenvalue weighted by Crippen LogP contribution is 2.39. The lowest BCUT2D eigenvalue weighted by Crippen LogP contribution is -2.27. The molecule has 0 unspecified atom stereocenters. The molecule has 1 heterocycles. The quantitative estimate of drug-likeness (QED) is 0.752. The third-order valence-electron chi connectivity index (χ3n) is 5.06. The van der Waals surface area contributed by atoms with Gasteiger partial charge in [0, 0.05) is 25.3 Å². The molecular weight excluding hydrogens is 263 g/mol. The van der Waals surface area contributed by atoms with Gasteiger partial charge < -0.3 is 10.2 Å². The summed E-state index contributed by atoms with van der Waals surface area (Å²) in [5.74, 6) is -0.136. The van der Waals surface area contributed by atoms with Gasteiger partial charge in [0.05, 0.1) is 0 Å². The van der Waals surface area contributed by atoms with Crippen LogP contribution in [0.3, 0.4) is 0 Å². The lowest BCUT2D eigenvalue weighted by molar-refractivity contribution is 0.301. The van der Waals surface area contributed by atoms with E-state index in [1.807, 2.05) is 6.07 Å². The van der Waals surface area contributed by atoms with Gasteiger partial charge in [-0.1, -0.05) is 20.8 Å². The third kappa shape index (κ3) is 3.76. The minimum absolute atomic E-state index is 0.136. The van der Waals surface area contributed by atoms with Crippen molar-refractivity contribution in [3.05, 3.63) is 29.6 Å². The van der Waals surface area contributed by atoms with Crippen molar-refractivity contribution in [2.75, 3.05) is 24.5 Å². The summed E-state index contributed by atoms with van der Waals surface area (Å²) >= 11 is 0. The summed E-state index contributed by atoms with van der Waals surface area (Å²) in [6, 6.07) is 5.24. The molecule has 21 heavy (non-hydrogen) atoms. The molecule has 0 bridgehead atoms. The summed E-state index contributed by atoms with van der Waals surface area (Å²) < 4.78 is 13.6. The van der Waals surface area contributed by atoms with Crippen LogP contribution in [0.1, 0.15) is 52.0 Å². The van der Waals surface area contributed by atoms with Crippen LogP contribution in [0.15, 0.2) is 18.2 Å². The van der Waals surface area contributed by atoms with E-state index in [9.17, 15) is 4.39 Å². The van der Waals surface area contributed by atoms with Gasteiger partial charge in [-0.2, -0.15) is 0 Å². The number of anilines is 1. The van der Waals surface area contributed by atoms with E-state index in [1.165, 1.54) is 24.9 Å². The maximum atomic E-state index is 13.6. The zero-order valence-electron chi connectivity index (χ0n) is 13.7. The molecule has 2 rings (SSSR count). The first-order valence-electron chi connectivity index (χ1n) is 8.38. The molecule has 0 aromatic heterocycles. The van der Waals surface area contributed by atoms with Crippen LogP contribution in [0.5, 0.6) is 0 Å². The Bertz CT molecular complexity index is 455. The molecule has 2 nitrogen and oxygen atoms in total. The molecular formula is C18H29FN2. The molecule has 1 aromatic carbocycles. The molecule has 1 aromatic rings. The Morgan fingerprint density at radius 2 is 2.00 bits per heavy atom. The van der Waals surface area contributed by atoms with Gasteiger partial charge in [0.1, 0.15) is 5.82 Å². The first-order chi connectivity index (χ1) is 10.1. The van der Waals surface area contributed by atoms with Crippen molar-refractivity contribution >= 4 is 5.69 Å².